The van der Waals surface area contributed by atoms with Crippen molar-refractivity contribution in [2.45, 2.75) is 0 Å². The van der Waals surface area contributed by atoms with Gasteiger partial charge in [-0.05, 0) is 0 Å². The van der Waals surface area contributed by atoms with Crippen LogP contribution in [0.15, 0.2) is 121 Å². The molecule has 0 heterocycles. The Hall–Kier alpha value is -0.812. The van der Waals surface area contributed by atoms with E-state index in [9.17, 15) is 0 Å². The molecule has 0 unspecified atom stereocenters. The van der Waals surface area contributed by atoms with Crippen LogP contribution in [0.2, 0.25) is 0 Å². The Morgan fingerprint density at radius 2 is 0.643 bits per heavy atom. The fourth-order valence-electron chi connectivity index (χ4n) is 3.75. The number of hydrogen-bond acceptors (Lipinski definition) is 0. The topological polar surface area (TPSA) is 0 Å². The molecule has 0 radical (unpaired) electrons. The van der Waals surface area contributed by atoms with Gasteiger partial charge >= 0.3 is 196 Å². The molecule has 0 saturated heterocycles. The van der Waals surface area contributed by atoms with E-state index in [4.69, 9.17) is 8.91 Å². The van der Waals surface area contributed by atoms with Crippen LogP contribution in [0.4, 0.5) is 0 Å². The molecule has 4 aromatic carbocycles. The molecular weight excluding hydrogens is 652 g/mol. The average Bonchev–Trinajstić information content (AvgIpc) is 2.78. The first-order valence-electron chi connectivity index (χ1n) is 8.93. The summed E-state index contributed by atoms with van der Waals surface area (Å²) in [7, 11) is 5.10. The van der Waals surface area contributed by atoms with E-state index in [0.717, 1.165) is 0 Å². The van der Waals surface area contributed by atoms with E-state index in [0.29, 0.717) is 0 Å². The first-order valence-corrected chi connectivity index (χ1v) is 22.1. The SMILES string of the molecule is Cl[I-]I.c1ccc([AsH](c2ccccc2)(c2ccccc2)c2ccccc2)cc1. The number of halogens is 3. The van der Waals surface area contributed by atoms with E-state index in [-0.39, 0.29) is 16.1 Å². The number of benzene rings is 4. The van der Waals surface area contributed by atoms with E-state index in [1.165, 1.54) is 17.4 Å². The van der Waals surface area contributed by atoms with E-state index < -0.39 is 13.6 Å². The molecule has 0 aromatic heterocycles. The molecule has 0 bridgehead atoms. The zero-order chi connectivity index (χ0) is 19.7. The van der Waals surface area contributed by atoms with Gasteiger partial charge in [0, 0.05) is 0 Å². The van der Waals surface area contributed by atoms with Gasteiger partial charge in [0.2, 0.25) is 0 Å². The van der Waals surface area contributed by atoms with Crippen molar-refractivity contribution in [2.75, 3.05) is 0 Å². The van der Waals surface area contributed by atoms with Gasteiger partial charge in [-0.3, -0.25) is 0 Å². The van der Waals surface area contributed by atoms with Crippen molar-refractivity contribution < 1.29 is 16.1 Å². The molecule has 144 valence electrons. The van der Waals surface area contributed by atoms with Gasteiger partial charge < -0.3 is 0 Å². The second-order valence-corrected chi connectivity index (χ2v) is 21.5. The van der Waals surface area contributed by atoms with Gasteiger partial charge in [0.25, 0.3) is 0 Å². The average molecular weight is 674 g/mol. The van der Waals surface area contributed by atoms with Crippen molar-refractivity contribution in [3.63, 3.8) is 0 Å². The van der Waals surface area contributed by atoms with Crippen LogP contribution in [0.25, 0.3) is 0 Å². The minimum absolute atomic E-state index is 0.0322. The summed E-state index contributed by atoms with van der Waals surface area (Å²) in [5, 5.41) is 0. The van der Waals surface area contributed by atoms with E-state index in [1.54, 1.807) is 0 Å². The quantitative estimate of drug-likeness (QED) is 0.227. The van der Waals surface area contributed by atoms with Crippen LogP contribution in [0.5, 0.6) is 0 Å². The summed E-state index contributed by atoms with van der Waals surface area (Å²) in [4.78, 5) is 0. The van der Waals surface area contributed by atoms with Gasteiger partial charge in [0.15, 0.2) is 0 Å². The molecule has 0 aliphatic carbocycles. The summed E-state index contributed by atoms with van der Waals surface area (Å²) in [5.74, 6) is 0. The third kappa shape index (κ3) is 4.84. The van der Waals surface area contributed by atoms with Crippen LogP contribution in [-0.4, -0.2) is 13.6 Å². The molecule has 4 heteroatoms. The van der Waals surface area contributed by atoms with Crippen LogP contribution in [0.3, 0.4) is 0 Å². The van der Waals surface area contributed by atoms with Crippen LogP contribution in [0, 0.1) is 0 Å². The Labute approximate surface area is 194 Å². The Kier molecular flexibility index (Phi) is 8.91. The second kappa shape index (κ2) is 11.4. The monoisotopic (exact) mass is 673 g/mol. The molecule has 28 heavy (non-hydrogen) atoms. The van der Waals surface area contributed by atoms with E-state index in [1.807, 2.05) is 0 Å². The summed E-state index contributed by atoms with van der Waals surface area (Å²) in [6.07, 6.45) is 0. The first kappa shape index (κ1) is 21.9. The Balaban J connectivity index is 0.000000706. The van der Waals surface area contributed by atoms with Gasteiger partial charge in [-0.25, -0.2) is 0 Å². The van der Waals surface area contributed by atoms with Crippen LogP contribution >= 0.6 is 27.5 Å². The Bertz CT molecular complexity index is 785. The zero-order valence-electron chi connectivity index (χ0n) is 15.2. The molecular formula is C24H21AsClI2-. The van der Waals surface area contributed by atoms with Crippen LogP contribution < -0.4 is 33.5 Å². The fourth-order valence-corrected chi connectivity index (χ4v) is 13.8. The molecule has 0 aliphatic heterocycles. The van der Waals surface area contributed by atoms with Crippen molar-refractivity contribution in [3.05, 3.63) is 121 Å². The van der Waals surface area contributed by atoms with Crippen molar-refractivity contribution in [1.29, 1.82) is 0 Å². The molecule has 4 rings (SSSR count). The molecule has 0 fully saturated rings. The summed E-state index contributed by atoms with van der Waals surface area (Å²) in [6.45, 7) is 0. The third-order valence-electron chi connectivity index (χ3n) is 4.83. The zero-order valence-corrected chi connectivity index (χ0v) is 22.3. The second-order valence-electron chi connectivity index (χ2n) is 6.27. The first-order chi connectivity index (χ1) is 13.8. The van der Waals surface area contributed by atoms with Gasteiger partial charge in [-0.1, -0.05) is 0 Å². The summed E-state index contributed by atoms with van der Waals surface area (Å²) in [5.41, 5.74) is 0. The fraction of sp³-hybridized carbons (Fsp3) is 0. The normalized spacial score (nSPS) is 11.4. The molecule has 0 spiro atoms. The number of hydrogen-bond donors (Lipinski definition) is 0. The van der Waals surface area contributed by atoms with Crippen molar-refractivity contribution >= 4 is 58.5 Å². The van der Waals surface area contributed by atoms with Crippen molar-refractivity contribution in [3.8, 4) is 0 Å². The molecule has 0 atom stereocenters. The standard InChI is InChI=1S/C24H21As.ClI2/c1-5-13-21(14-6-1)25(22-15-7-2-8-16-22,23-17-9-3-10-18-23)24-19-11-4-12-20-24;1-3-2/h1-20,25H;/q;-1. The van der Waals surface area contributed by atoms with E-state index in [2.05, 4.69) is 140 Å². The summed E-state index contributed by atoms with van der Waals surface area (Å²) in [6, 6.07) is 44.3. The van der Waals surface area contributed by atoms with Gasteiger partial charge in [-0.15, -0.1) is 0 Å². The maximum atomic E-state index is 5.10. The Morgan fingerprint density at radius 3 is 0.821 bits per heavy atom. The number of rotatable bonds is 4. The maximum absolute atomic E-state index is 5.10. The van der Waals surface area contributed by atoms with E-state index >= 15 is 0 Å². The predicted octanol–water partition coefficient (Wildman–Crippen LogP) is 1.38. The molecule has 0 amide bonds. The summed E-state index contributed by atoms with van der Waals surface area (Å²) < 4.78 is 5.86. The molecule has 0 saturated carbocycles. The van der Waals surface area contributed by atoms with Crippen molar-refractivity contribution in [1.82, 2.24) is 0 Å². The van der Waals surface area contributed by atoms with Crippen LogP contribution in [-0.2, 0) is 0 Å². The minimum atomic E-state index is -2.99. The van der Waals surface area contributed by atoms with Gasteiger partial charge in [0.05, 0.1) is 0 Å². The molecule has 0 nitrogen and oxygen atoms in total. The van der Waals surface area contributed by atoms with Crippen molar-refractivity contribution in [2.24, 2.45) is 0 Å². The van der Waals surface area contributed by atoms with Crippen LogP contribution in [0.1, 0.15) is 0 Å². The van der Waals surface area contributed by atoms with Gasteiger partial charge in [0.1, 0.15) is 0 Å². The third-order valence-corrected chi connectivity index (χ3v) is 14.9. The molecule has 0 aliphatic rings. The summed E-state index contributed by atoms with van der Waals surface area (Å²) >= 11 is -0.794. The molecule has 4 aromatic rings. The predicted molar refractivity (Wildman–Crippen MR) is 131 cm³/mol. The van der Waals surface area contributed by atoms with Gasteiger partial charge in [-0.2, -0.15) is 0 Å². The molecule has 0 N–H and O–H groups in total. The Morgan fingerprint density at radius 1 is 0.464 bits per heavy atom.